The lowest BCUT2D eigenvalue weighted by molar-refractivity contribution is -0.434. The third-order valence-corrected chi connectivity index (χ3v) is 11.7. The van der Waals surface area contributed by atoms with Gasteiger partial charge in [0.1, 0.15) is 6.54 Å². The highest BCUT2D eigenvalue weighted by molar-refractivity contribution is 7.86. The van der Waals surface area contributed by atoms with Crippen LogP contribution in [0.1, 0.15) is 58.1 Å². The molecule has 0 bridgehead atoms. The standard InChI is InChI=1S/C34H38N2O8S3/c1-33(2)25-22-23(47(42,43)44)16-17-26(25)35(20-18-30(37)38)28(33)14-6-5-7-15-29-34(3,4)31-24-12-8-9-13-27(24)45-32(31)36(29)19-10-11-21-46(39,40)41/h5-9,12-17,22H,10-11,18-21H2,1-4H3,(H2-,37,38,39,40,41,42,43,44)/p+1. The number of aliphatic carboxylic acids is 1. The average Bonchev–Trinajstić information content (AvgIpc) is 3.53. The first-order valence-electron chi connectivity index (χ1n) is 15.2. The fraction of sp³-hybridized carbons (Fsp3) is 0.353. The van der Waals surface area contributed by atoms with Crippen molar-refractivity contribution < 1.29 is 40.4 Å². The van der Waals surface area contributed by atoms with Crippen molar-refractivity contribution in [2.75, 3.05) is 23.7 Å². The van der Waals surface area contributed by atoms with Crippen LogP contribution in [0.25, 0.3) is 10.1 Å². The van der Waals surface area contributed by atoms with E-state index in [1.54, 1.807) is 17.4 Å². The Hall–Kier alpha value is -3.62. The Morgan fingerprint density at radius 3 is 2.36 bits per heavy atom. The molecule has 0 atom stereocenters. The number of hydrogen-bond donors (Lipinski definition) is 3. The maximum Gasteiger partial charge on any atom is 0.305 e. The van der Waals surface area contributed by atoms with E-state index < -0.39 is 31.6 Å². The van der Waals surface area contributed by atoms with Crippen molar-refractivity contribution in [3.05, 3.63) is 89.7 Å². The highest BCUT2D eigenvalue weighted by atomic mass is 32.2. The molecule has 0 fully saturated rings. The van der Waals surface area contributed by atoms with Crippen molar-refractivity contribution in [3.8, 4) is 0 Å². The van der Waals surface area contributed by atoms with Gasteiger partial charge in [-0.2, -0.15) is 21.4 Å². The molecule has 10 nitrogen and oxygen atoms in total. The normalized spacial score (nSPS) is 18.3. The molecule has 250 valence electrons. The summed E-state index contributed by atoms with van der Waals surface area (Å²) in [5.41, 5.74) is 3.40. The zero-order valence-corrected chi connectivity index (χ0v) is 29.1. The Balaban J connectivity index is 1.47. The van der Waals surface area contributed by atoms with Gasteiger partial charge >= 0.3 is 5.97 Å². The Labute approximate surface area is 279 Å². The summed E-state index contributed by atoms with van der Waals surface area (Å²) >= 11 is 1.70. The SMILES string of the molecule is CC1(C)C(/C=C/C=C/C=C2/N(CCC(=O)O)c3ccc(S(=O)(=O)O)cc3C2(C)C)=[N+](CCCCS(=O)(=O)O)c2sc3ccccc3c21. The van der Waals surface area contributed by atoms with Gasteiger partial charge in [-0.25, -0.2) is 0 Å². The van der Waals surface area contributed by atoms with Gasteiger partial charge in [0.05, 0.1) is 28.0 Å². The van der Waals surface area contributed by atoms with E-state index in [0.717, 1.165) is 16.4 Å². The van der Waals surface area contributed by atoms with Crippen LogP contribution in [-0.4, -0.2) is 66.1 Å². The predicted octanol–water partition coefficient (Wildman–Crippen LogP) is 6.46. The van der Waals surface area contributed by atoms with E-state index in [9.17, 15) is 35.8 Å². The molecular weight excluding hydrogens is 661 g/mol. The molecule has 5 rings (SSSR count). The predicted molar refractivity (Wildman–Crippen MR) is 186 cm³/mol. The molecule has 0 spiro atoms. The molecule has 1 aromatic heterocycles. The zero-order chi connectivity index (χ0) is 34.4. The molecule has 0 radical (unpaired) electrons. The van der Waals surface area contributed by atoms with E-state index in [4.69, 9.17) is 0 Å². The summed E-state index contributed by atoms with van der Waals surface area (Å²) in [6, 6.07) is 12.6. The van der Waals surface area contributed by atoms with Crippen molar-refractivity contribution in [1.29, 1.82) is 0 Å². The van der Waals surface area contributed by atoms with Crippen LogP contribution in [-0.2, 0) is 35.9 Å². The number of nitrogens with zero attached hydrogens (tertiary/aromatic N) is 2. The zero-order valence-electron chi connectivity index (χ0n) is 26.7. The van der Waals surface area contributed by atoms with E-state index in [1.165, 1.54) is 27.8 Å². The van der Waals surface area contributed by atoms with Crippen molar-refractivity contribution in [2.24, 2.45) is 0 Å². The van der Waals surface area contributed by atoms with Gasteiger partial charge in [-0.3, -0.25) is 13.9 Å². The number of benzene rings is 2. The Morgan fingerprint density at radius 2 is 1.68 bits per heavy atom. The Kier molecular flexibility index (Phi) is 9.43. The van der Waals surface area contributed by atoms with Crippen molar-refractivity contribution in [3.63, 3.8) is 0 Å². The minimum absolute atomic E-state index is 0.122. The number of carboxylic acid groups (broad SMARTS) is 1. The third-order valence-electron chi connectivity index (χ3n) is 8.85. The number of hydrogen-bond acceptors (Lipinski definition) is 7. The molecule has 3 aromatic rings. The first kappa shape index (κ1) is 34.7. The molecule has 3 heterocycles. The summed E-state index contributed by atoms with van der Waals surface area (Å²) in [5.74, 6) is -1.24. The van der Waals surface area contributed by atoms with Gasteiger partial charge in [0.2, 0.25) is 0 Å². The lowest BCUT2D eigenvalue weighted by atomic mass is 9.81. The number of allylic oxidation sites excluding steroid dienone is 6. The highest BCUT2D eigenvalue weighted by Crippen LogP contribution is 2.50. The van der Waals surface area contributed by atoms with Crippen molar-refractivity contribution in [1.82, 2.24) is 0 Å². The molecule has 0 aliphatic carbocycles. The van der Waals surface area contributed by atoms with Gasteiger partial charge < -0.3 is 10.0 Å². The lowest BCUT2D eigenvalue weighted by Gasteiger charge is -2.26. The topological polar surface area (TPSA) is 152 Å². The van der Waals surface area contributed by atoms with Crippen LogP contribution in [0.4, 0.5) is 10.7 Å². The van der Waals surface area contributed by atoms with E-state index >= 15 is 0 Å². The Morgan fingerprint density at radius 1 is 0.957 bits per heavy atom. The number of carbonyl (C=O) groups is 1. The first-order valence-corrected chi connectivity index (χ1v) is 19.1. The molecule has 0 saturated heterocycles. The number of carboxylic acids is 1. The molecule has 2 aliphatic heterocycles. The summed E-state index contributed by atoms with van der Waals surface area (Å²) in [4.78, 5) is 13.1. The summed E-state index contributed by atoms with van der Waals surface area (Å²) in [6.07, 6.45) is 10.4. The second-order valence-electron chi connectivity index (χ2n) is 12.8. The van der Waals surface area contributed by atoms with Crippen LogP contribution in [0.2, 0.25) is 0 Å². The van der Waals surface area contributed by atoms with Gasteiger partial charge in [-0.15, -0.1) is 0 Å². The third kappa shape index (κ3) is 7.00. The minimum Gasteiger partial charge on any atom is -0.481 e. The van der Waals surface area contributed by atoms with Crippen molar-refractivity contribution in [2.45, 2.75) is 62.7 Å². The second kappa shape index (κ2) is 12.8. The lowest BCUT2D eigenvalue weighted by Crippen LogP contribution is -2.28. The van der Waals surface area contributed by atoms with Crippen LogP contribution in [0.15, 0.2) is 83.4 Å². The van der Waals surface area contributed by atoms with E-state index in [-0.39, 0.29) is 29.0 Å². The number of unbranched alkanes of at least 4 members (excludes halogenated alkanes) is 1. The maximum atomic E-state index is 11.9. The van der Waals surface area contributed by atoms with Gasteiger partial charge in [-0.05, 0) is 56.2 Å². The summed E-state index contributed by atoms with van der Waals surface area (Å²) in [6.45, 7) is 8.97. The van der Waals surface area contributed by atoms with E-state index in [1.807, 2.05) is 55.2 Å². The largest absolute Gasteiger partial charge is 0.481 e. The molecule has 47 heavy (non-hydrogen) atoms. The van der Waals surface area contributed by atoms with Crippen LogP contribution in [0.3, 0.4) is 0 Å². The monoisotopic (exact) mass is 699 g/mol. The van der Waals surface area contributed by atoms with Crippen LogP contribution < -0.4 is 4.90 Å². The smallest absolute Gasteiger partial charge is 0.305 e. The molecule has 13 heteroatoms. The molecule has 0 unspecified atom stereocenters. The number of thiophene rings is 1. The summed E-state index contributed by atoms with van der Waals surface area (Å²) in [5, 5.41) is 11.7. The Bertz CT molecular complexity index is 2090. The van der Waals surface area contributed by atoms with Gasteiger partial charge in [0.15, 0.2) is 5.71 Å². The fourth-order valence-corrected chi connectivity index (χ4v) is 9.07. The van der Waals surface area contributed by atoms with E-state index in [0.29, 0.717) is 30.6 Å². The highest BCUT2D eigenvalue weighted by Gasteiger charge is 2.47. The summed E-state index contributed by atoms with van der Waals surface area (Å²) in [7, 11) is -8.46. The molecule has 3 N–H and O–H groups in total. The number of rotatable bonds is 12. The maximum absolute atomic E-state index is 11.9. The molecule has 2 aromatic carbocycles. The average molecular weight is 700 g/mol. The van der Waals surface area contributed by atoms with Gasteiger partial charge in [-0.1, -0.05) is 61.6 Å². The number of anilines is 1. The second-order valence-corrected chi connectivity index (χ2v) is 16.8. The van der Waals surface area contributed by atoms with Crippen LogP contribution >= 0.6 is 11.3 Å². The fourth-order valence-electron chi connectivity index (χ4n) is 6.60. The first-order chi connectivity index (χ1) is 21.9. The quantitative estimate of drug-likeness (QED) is 0.0837. The van der Waals surface area contributed by atoms with Gasteiger partial charge in [0, 0.05) is 45.9 Å². The van der Waals surface area contributed by atoms with E-state index in [2.05, 4.69) is 36.6 Å². The van der Waals surface area contributed by atoms with Crippen LogP contribution in [0, 0.1) is 0 Å². The summed E-state index contributed by atoms with van der Waals surface area (Å²) < 4.78 is 68.6. The molecular formula is C34H39N2O8S3+. The van der Waals surface area contributed by atoms with Gasteiger partial charge in [0.25, 0.3) is 25.2 Å². The molecule has 0 saturated carbocycles. The molecule has 0 amide bonds. The van der Waals surface area contributed by atoms with Crippen molar-refractivity contribution >= 4 is 64.0 Å². The number of fused-ring (bicyclic) bond motifs is 4. The molecule has 2 aliphatic rings. The minimum atomic E-state index is -4.42. The van der Waals surface area contributed by atoms with Crippen LogP contribution in [0.5, 0.6) is 0 Å².